The highest BCUT2D eigenvalue weighted by molar-refractivity contribution is 5.41. The van der Waals surface area contributed by atoms with Gasteiger partial charge in [0.1, 0.15) is 0 Å². The lowest BCUT2D eigenvalue weighted by atomic mass is 10.1. The van der Waals surface area contributed by atoms with Crippen LogP contribution in [0.5, 0.6) is 11.5 Å². The molecular weight excluding hydrogens is 304 g/mol. The number of benzene rings is 1. The van der Waals surface area contributed by atoms with Gasteiger partial charge in [-0.3, -0.25) is 9.80 Å². The fraction of sp³-hybridized carbons (Fsp3) is 0.579. The number of ether oxygens (including phenoxy) is 1. The van der Waals surface area contributed by atoms with Crippen LogP contribution in [0.2, 0.25) is 0 Å². The fourth-order valence-corrected chi connectivity index (χ4v) is 3.14. The van der Waals surface area contributed by atoms with Crippen LogP contribution in [0.25, 0.3) is 0 Å². The minimum atomic E-state index is 0.172. The molecule has 0 amide bonds. The zero-order valence-electron chi connectivity index (χ0n) is 15.0. The number of nitrogens with zero attached hydrogens (tertiary/aromatic N) is 2. The predicted octanol–water partition coefficient (Wildman–Crippen LogP) is 2.24. The topological polar surface area (TPSA) is 56.2 Å². The number of phenolic OH excluding ortho intramolecular Hbond substituents is 1. The number of rotatable bonds is 7. The molecule has 1 atom stereocenters. The second-order valence-corrected chi connectivity index (χ2v) is 6.68. The van der Waals surface area contributed by atoms with Crippen LogP contribution in [-0.2, 0) is 6.54 Å². The average Bonchev–Trinajstić information content (AvgIpc) is 2.56. The first-order valence-electron chi connectivity index (χ1n) is 8.60. The van der Waals surface area contributed by atoms with E-state index in [-0.39, 0.29) is 12.4 Å². The van der Waals surface area contributed by atoms with Gasteiger partial charge in [0.25, 0.3) is 0 Å². The number of aromatic hydroxyl groups is 1. The second-order valence-electron chi connectivity index (χ2n) is 6.68. The Balaban J connectivity index is 1.99. The lowest BCUT2D eigenvalue weighted by Gasteiger charge is -2.41. The van der Waals surface area contributed by atoms with Gasteiger partial charge in [0.15, 0.2) is 11.5 Å². The normalized spacial score (nSPS) is 19.2. The van der Waals surface area contributed by atoms with Gasteiger partial charge in [0.05, 0.1) is 7.11 Å². The van der Waals surface area contributed by atoms with Crippen molar-refractivity contribution in [2.24, 2.45) is 0 Å². The first-order chi connectivity index (χ1) is 11.5. The maximum atomic E-state index is 9.71. The summed E-state index contributed by atoms with van der Waals surface area (Å²) < 4.78 is 5.19. The zero-order valence-corrected chi connectivity index (χ0v) is 15.0. The standard InChI is InChI=1S/C19H30N2O3/c1-15(2)6-8-21-10-9-20(14-17(21)7-11-22)13-16-4-5-18(23)19(12-16)24-3/h4-6,12,17,22-23H,7-11,13-14H2,1-3H3/t17-/m0/s1. The molecule has 24 heavy (non-hydrogen) atoms. The Kier molecular flexibility index (Phi) is 7.09. The summed E-state index contributed by atoms with van der Waals surface area (Å²) in [7, 11) is 1.57. The maximum absolute atomic E-state index is 9.71. The van der Waals surface area contributed by atoms with Crippen molar-refractivity contribution in [3.63, 3.8) is 0 Å². The minimum Gasteiger partial charge on any atom is -0.504 e. The number of aliphatic hydroxyl groups is 1. The van der Waals surface area contributed by atoms with Crippen molar-refractivity contribution < 1.29 is 14.9 Å². The Hall–Kier alpha value is -1.56. The smallest absolute Gasteiger partial charge is 0.160 e. The van der Waals surface area contributed by atoms with Gasteiger partial charge in [0.2, 0.25) is 0 Å². The molecule has 0 radical (unpaired) electrons. The summed E-state index contributed by atoms with van der Waals surface area (Å²) >= 11 is 0. The molecule has 2 N–H and O–H groups in total. The average molecular weight is 334 g/mol. The molecule has 2 rings (SSSR count). The lowest BCUT2D eigenvalue weighted by molar-refractivity contribution is 0.0636. The van der Waals surface area contributed by atoms with E-state index in [9.17, 15) is 10.2 Å². The van der Waals surface area contributed by atoms with E-state index in [4.69, 9.17) is 4.74 Å². The summed E-state index contributed by atoms with van der Waals surface area (Å²) in [5.74, 6) is 0.688. The molecule has 1 aromatic rings. The van der Waals surface area contributed by atoms with E-state index < -0.39 is 0 Å². The fourth-order valence-electron chi connectivity index (χ4n) is 3.14. The van der Waals surface area contributed by atoms with Gasteiger partial charge in [-0.25, -0.2) is 0 Å². The van der Waals surface area contributed by atoms with Gasteiger partial charge in [-0.2, -0.15) is 0 Å². The van der Waals surface area contributed by atoms with Gasteiger partial charge in [-0.05, 0) is 38.0 Å². The predicted molar refractivity (Wildman–Crippen MR) is 96.4 cm³/mol. The Bertz CT molecular complexity index is 556. The number of piperazine rings is 1. The van der Waals surface area contributed by atoms with Crippen molar-refractivity contribution in [3.8, 4) is 11.5 Å². The van der Waals surface area contributed by atoms with Gasteiger partial charge in [-0.1, -0.05) is 17.7 Å². The molecule has 134 valence electrons. The highest BCUT2D eigenvalue weighted by atomic mass is 16.5. The molecule has 1 fully saturated rings. The molecule has 1 aromatic carbocycles. The van der Waals surface area contributed by atoms with Crippen LogP contribution in [0.1, 0.15) is 25.8 Å². The second kappa shape index (κ2) is 9.06. The van der Waals surface area contributed by atoms with E-state index in [0.717, 1.165) is 44.7 Å². The van der Waals surface area contributed by atoms with Crippen molar-refractivity contribution >= 4 is 0 Å². The minimum absolute atomic E-state index is 0.172. The van der Waals surface area contributed by atoms with Crippen LogP contribution >= 0.6 is 0 Å². The summed E-state index contributed by atoms with van der Waals surface area (Å²) in [4.78, 5) is 4.86. The molecule has 1 heterocycles. The van der Waals surface area contributed by atoms with Crippen molar-refractivity contribution in [1.29, 1.82) is 0 Å². The molecule has 1 aliphatic rings. The molecule has 1 saturated heterocycles. The molecule has 0 spiro atoms. The third-order valence-electron chi connectivity index (χ3n) is 4.54. The lowest BCUT2D eigenvalue weighted by Crippen LogP contribution is -2.53. The molecule has 5 heteroatoms. The van der Waals surface area contributed by atoms with E-state index in [1.807, 2.05) is 12.1 Å². The largest absolute Gasteiger partial charge is 0.504 e. The molecule has 5 nitrogen and oxygen atoms in total. The van der Waals surface area contributed by atoms with Crippen LogP contribution in [0.4, 0.5) is 0 Å². The number of hydrogen-bond acceptors (Lipinski definition) is 5. The molecule has 0 saturated carbocycles. The number of hydrogen-bond donors (Lipinski definition) is 2. The van der Waals surface area contributed by atoms with E-state index in [1.54, 1.807) is 13.2 Å². The zero-order chi connectivity index (χ0) is 17.5. The summed E-state index contributed by atoms with van der Waals surface area (Å²) in [5, 5.41) is 19.1. The summed E-state index contributed by atoms with van der Waals surface area (Å²) in [6, 6.07) is 5.89. The number of phenols is 1. The third-order valence-corrected chi connectivity index (χ3v) is 4.54. The summed E-state index contributed by atoms with van der Waals surface area (Å²) in [6.45, 7) is 9.19. The number of aliphatic hydroxyl groups excluding tert-OH is 1. The first-order valence-corrected chi connectivity index (χ1v) is 8.60. The number of allylic oxidation sites excluding steroid dienone is 1. The Labute approximate surface area is 145 Å². The molecule has 0 bridgehead atoms. The summed E-state index contributed by atoms with van der Waals surface area (Å²) in [6.07, 6.45) is 3.05. The van der Waals surface area contributed by atoms with Crippen molar-refractivity contribution in [3.05, 3.63) is 35.4 Å². The third kappa shape index (κ3) is 5.23. The SMILES string of the molecule is COc1cc(CN2CCN(CC=C(C)C)[C@@H](CCO)C2)ccc1O. The Morgan fingerprint density at radius 1 is 1.33 bits per heavy atom. The first kappa shape index (κ1) is 18.8. The van der Waals surface area contributed by atoms with Gasteiger partial charge in [0, 0.05) is 45.4 Å². The Morgan fingerprint density at radius 3 is 2.79 bits per heavy atom. The van der Waals surface area contributed by atoms with Gasteiger partial charge >= 0.3 is 0 Å². The number of methoxy groups -OCH3 is 1. The highest BCUT2D eigenvalue weighted by Crippen LogP contribution is 2.27. The van der Waals surface area contributed by atoms with E-state index in [2.05, 4.69) is 29.7 Å². The van der Waals surface area contributed by atoms with Crippen LogP contribution in [-0.4, -0.2) is 66.0 Å². The van der Waals surface area contributed by atoms with E-state index in [0.29, 0.717) is 11.8 Å². The van der Waals surface area contributed by atoms with E-state index >= 15 is 0 Å². The quantitative estimate of drug-likeness (QED) is 0.749. The van der Waals surface area contributed by atoms with Crippen molar-refractivity contribution in [2.75, 3.05) is 39.9 Å². The highest BCUT2D eigenvalue weighted by Gasteiger charge is 2.26. The van der Waals surface area contributed by atoms with Crippen LogP contribution in [0.3, 0.4) is 0 Å². The van der Waals surface area contributed by atoms with Crippen molar-refractivity contribution in [1.82, 2.24) is 9.80 Å². The monoisotopic (exact) mass is 334 g/mol. The summed E-state index contributed by atoms with van der Waals surface area (Å²) in [5.41, 5.74) is 2.46. The molecule has 0 unspecified atom stereocenters. The van der Waals surface area contributed by atoms with Gasteiger partial charge < -0.3 is 14.9 Å². The molecule has 0 aromatic heterocycles. The maximum Gasteiger partial charge on any atom is 0.160 e. The van der Waals surface area contributed by atoms with Crippen LogP contribution < -0.4 is 4.74 Å². The Morgan fingerprint density at radius 2 is 2.12 bits per heavy atom. The van der Waals surface area contributed by atoms with Crippen molar-refractivity contribution in [2.45, 2.75) is 32.9 Å². The molecular formula is C19H30N2O3. The molecule has 0 aliphatic carbocycles. The van der Waals surface area contributed by atoms with Gasteiger partial charge in [-0.15, -0.1) is 0 Å². The van der Waals surface area contributed by atoms with E-state index in [1.165, 1.54) is 5.57 Å². The molecule has 1 aliphatic heterocycles. The van der Waals surface area contributed by atoms with Crippen LogP contribution in [0, 0.1) is 0 Å². The van der Waals surface area contributed by atoms with Crippen LogP contribution in [0.15, 0.2) is 29.8 Å².